The van der Waals surface area contributed by atoms with E-state index >= 15 is 0 Å². The molecule has 0 radical (unpaired) electrons. The van der Waals surface area contributed by atoms with Crippen molar-refractivity contribution in [3.8, 4) is 0 Å². The highest BCUT2D eigenvalue weighted by Crippen LogP contribution is 2.36. The number of carbonyl (C=O) groups is 1. The Labute approximate surface area is 239 Å². The van der Waals surface area contributed by atoms with E-state index in [1.807, 2.05) is 18.2 Å². The molecule has 41 heavy (non-hydrogen) atoms. The van der Waals surface area contributed by atoms with E-state index in [9.17, 15) is 14.4 Å². The minimum Gasteiger partial charge on any atom is -0.300 e. The normalized spacial score (nSPS) is 11.3. The van der Waals surface area contributed by atoms with Gasteiger partial charge in [0.25, 0.3) is 11.5 Å². The minimum absolute atomic E-state index is 0.300. The first-order chi connectivity index (χ1) is 20.1. The van der Waals surface area contributed by atoms with Crippen molar-refractivity contribution in [1.29, 1.82) is 0 Å². The molecule has 6 heteroatoms. The summed E-state index contributed by atoms with van der Waals surface area (Å²) in [5, 5.41) is 3.88. The van der Waals surface area contributed by atoms with Gasteiger partial charge >= 0.3 is 5.69 Å². The molecule has 6 nitrogen and oxygen atoms in total. The van der Waals surface area contributed by atoms with Gasteiger partial charge in [-0.3, -0.25) is 14.9 Å². The molecule has 206 valence electrons. The lowest BCUT2D eigenvalue weighted by molar-refractivity contribution is 0.0948. The molecule has 0 amide bonds. The van der Waals surface area contributed by atoms with Crippen molar-refractivity contribution in [3.63, 3.8) is 0 Å². The summed E-state index contributed by atoms with van der Waals surface area (Å²) in [7, 11) is 0. The van der Waals surface area contributed by atoms with Crippen molar-refractivity contribution in [2.45, 2.75) is 31.3 Å². The Morgan fingerprint density at radius 3 is 1.61 bits per heavy atom. The predicted molar refractivity (Wildman–Crippen MR) is 162 cm³/mol. The Morgan fingerprint density at radius 1 is 0.610 bits per heavy atom. The molecule has 4 aromatic carbocycles. The average Bonchev–Trinajstić information content (AvgIpc) is 3.03. The van der Waals surface area contributed by atoms with Gasteiger partial charge in [-0.1, -0.05) is 116 Å². The number of carbonyl (C=O) groups excluding carboxylic acids is 1. The number of hydrogen-bond acceptors (Lipinski definition) is 4. The van der Waals surface area contributed by atoms with Gasteiger partial charge < -0.3 is 4.57 Å². The smallest absolute Gasteiger partial charge is 0.300 e. The van der Waals surface area contributed by atoms with E-state index in [0.717, 1.165) is 42.5 Å². The Bertz CT molecular complexity index is 1580. The van der Waals surface area contributed by atoms with Gasteiger partial charge in [0.05, 0.1) is 5.54 Å². The number of aromatic nitrogens is 2. The van der Waals surface area contributed by atoms with Gasteiger partial charge in [-0.25, -0.2) is 4.79 Å². The molecule has 1 N–H and O–H groups in total. The van der Waals surface area contributed by atoms with Crippen molar-refractivity contribution >= 4 is 5.91 Å². The van der Waals surface area contributed by atoms with Crippen LogP contribution in [0.5, 0.6) is 0 Å². The number of unbranched alkanes of at least 4 members (excludes halogenated alkanes) is 2. The first-order valence-electron chi connectivity index (χ1n) is 13.9. The summed E-state index contributed by atoms with van der Waals surface area (Å²) in [4.78, 5) is 38.2. The number of benzene rings is 4. The van der Waals surface area contributed by atoms with E-state index < -0.39 is 22.7 Å². The summed E-state index contributed by atoms with van der Waals surface area (Å²) in [5.41, 5.74) is 2.03. The Hall–Kier alpha value is -4.81. The summed E-state index contributed by atoms with van der Waals surface area (Å²) in [6, 6.07) is 41.1. The third kappa shape index (κ3) is 6.03. The number of hydrogen-bond donors (Lipinski definition) is 1. The monoisotopic (exact) mass is 543 g/mol. The maximum absolute atomic E-state index is 13.0. The zero-order chi connectivity index (χ0) is 28.5. The summed E-state index contributed by atoms with van der Waals surface area (Å²) >= 11 is 0. The van der Waals surface area contributed by atoms with E-state index in [2.05, 4.69) is 78.1 Å². The van der Waals surface area contributed by atoms with Crippen LogP contribution in [0.1, 0.15) is 46.3 Å². The molecule has 1 aromatic heterocycles. The van der Waals surface area contributed by atoms with Gasteiger partial charge in [0, 0.05) is 24.4 Å². The number of nitrogens with zero attached hydrogens (tertiary/aromatic N) is 2. The standard InChI is InChI=1S/C35H33N3O3/c39-32-24-27-37(34(41)38(32)33(40)28-16-6-1-7-17-28)26-15-5-14-25-36-35(29-18-8-2-9-19-29,30-20-10-3-11-21-30)31-22-12-4-13-23-31/h1-4,6-13,16-24,27,36H,5,14-15,25-26H2. The fraction of sp³-hybridized carbons (Fsp3) is 0.171. The minimum atomic E-state index is -0.622. The van der Waals surface area contributed by atoms with Crippen LogP contribution in [-0.4, -0.2) is 21.6 Å². The van der Waals surface area contributed by atoms with Crippen LogP contribution in [0.15, 0.2) is 143 Å². The number of rotatable bonds is 11. The van der Waals surface area contributed by atoms with Crippen LogP contribution in [0.4, 0.5) is 0 Å². The van der Waals surface area contributed by atoms with Crippen molar-refractivity contribution in [2.24, 2.45) is 0 Å². The van der Waals surface area contributed by atoms with Gasteiger partial charge in [-0.05, 0) is 48.2 Å². The van der Waals surface area contributed by atoms with E-state index in [4.69, 9.17) is 0 Å². The maximum atomic E-state index is 13.0. The van der Waals surface area contributed by atoms with Gasteiger partial charge in [-0.15, -0.1) is 0 Å². The van der Waals surface area contributed by atoms with E-state index in [1.165, 1.54) is 16.8 Å². The lowest BCUT2D eigenvalue weighted by atomic mass is 9.77. The first-order valence-corrected chi connectivity index (χ1v) is 13.9. The lowest BCUT2D eigenvalue weighted by Crippen LogP contribution is -2.45. The molecule has 0 aliphatic heterocycles. The summed E-state index contributed by atoms with van der Waals surface area (Å²) in [6.07, 6.45) is 3.95. The Kier molecular flexibility index (Phi) is 8.82. The van der Waals surface area contributed by atoms with Gasteiger partial charge in [-0.2, -0.15) is 4.57 Å². The molecular formula is C35H33N3O3. The quantitative estimate of drug-likeness (QED) is 0.178. The second kappa shape index (κ2) is 13.0. The van der Waals surface area contributed by atoms with Gasteiger partial charge in [0.2, 0.25) is 0 Å². The molecule has 0 atom stereocenters. The highest BCUT2D eigenvalue weighted by atomic mass is 16.2. The Balaban J connectivity index is 1.29. The van der Waals surface area contributed by atoms with Crippen LogP contribution in [0, 0.1) is 0 Å². The molecule has 0 unspecified atom stereocenters. The van der Waals surface area contributed by atoms with Crippen LogP contribution in [0.3, 0.4) is 0 Å². The second-order valence-corrected chi connectivity index (χ2v) is 9.97. The van der Waals surface area contributed by atoms with E-state index in [1.54, 1.807) is 30.3 Å². The summed E-state index contributed by atoms with van der Waals surface area (Å²) in [6.45, 7) is 1.17. The first kappa shape index (κ1) is 27.7. The molecule has 5 rings (SSSR count). The topological polar surface area (TPSA) is 73.1 Å². The molecule has 5 aromatic rings. The fourth-order valence-corrected chi connectivity index (χ4v) is 5.31. The van der Waals surface area contributed by atoms with Gasteiger partial charge in [0.1, 0.15) is 0 Å². The van der Waals surface area contributed by atoms with Crippen molar-refractivity contribution in [1.82, 2.24) is 14.5 Å². The van der Waals surface area contributed by atoms with Crippen LogP contribution in [0.25, 0.3) is 0 Å². The van der Waals surface area contributed by atoms with Gasteiger partial charge in [0.15, 0.2) is 0 Å². The van der Waals surface area contributed by atoms with E-state index in [0.29, 0.717) is 16.7 Å². The lowest BCUT2D eigenvalue weighted by Gasteiger charge is -2.37. The molecule has 0 saturated carbocycles. The molecule has 0 spiro atoms. The third-order valence-electron chi connectivity index (χ3n) is 7.36. The predicted octanol–water partition coefficient (Wildman–Crippen LogP) is 5.45. The average molecular weight is 544 g/mol. The fourth-order valence-electron chi connectivity index (χ4n) is 5.31. The molecule has 1 heterocycles. The number of aryl methyl sites for hydroxylation is 1. The van der Waals surface area contributed by atoms with Crippen LogP contribution < -0.4 is 16.6 Å². The van der Waals surface area contributed by atoms with Crippen molar-refractivity contribution < 1.29 is 4.79 Å². The SMILES string of the molecule is O=C(c1ccccc1)n1c(=O)ccn(CCCCCNC(c2ccccc2)(c2ccccc2)c2ccccc2)c1=O. The third-order valence-corrected chi connectivity index (χ3v) is 7.36. The molecule has 0 saturated heterocycles. The molecule has 0 fully saturated rings. The van der Waals surface area contributed by atoms with Crippen molar-refractivity contribution in [3.05, 3.63) is 177 Å². The zero-order valence-corrected chi connectivity index (χ0v) is 22.9. The van der Waals surface area contributed by atoms with Crippen molar-refractivity contribution in [2.75, 3.05) is 6.54 Å². The van der Waals surface area contributed by atoms with E-state index in [-0.39, 0.29) is 0 Å². The van der Waals surface area contributed by atoms with Crippen LogP contribution in [-0.2, 0) is 12.1 Å². The molecule has 0 aliphatic carbocycles. The highest BCUT2D eigenvalue weighted by Gasteiger charge is 2.35. The molecule has 0 aliphatic rings. The summed E-state index contributed by atoms with van der Waals surface area (Å²) in [5.74, 6) is -0.613. The van der Waals surface area contributed by atoms with Crippen LogP contribution >= 0.6 is 0 Å². The molecular weight excluding hydrogens is 510 g/mol. The zero-order valence-electron chi connectivity index (χ0n) is 22.9. The molecule has 0 bridgehead atoms. The maximum Gasteiger partial charge on any atom is 0.338 e. The number of nitrogens with one attached hydrogen (secondary N) is 1. The Morgan fingerprint density at radius 2 is 1.10 bits per heavy atom. The second-order valence-electron chi connectivity index (χ2n) is 9.97. The largest absolute Gasteiger partial charge is 0.338 e. The van der Waals surface area contributed by atoms with Crippen LogP contribution in [0.2, 0.25) is 0 Å². The highest BCUT2D eigenvalue weighted by molar-refractivity contribution is 5.95. The summed E-state index contributed by atoms with van der Waals surface area (Å²) < 4.78 is 2.16.